The summed E-state index contributed by atoms with van der Waals surface area (Å²) in [7, 11) is 0. The molecule has 2 aromatic carbocycles. The highest BCUT2D eigenvalue weighted by molar-refractivity contribution is 5.51. The van der Waals surface area contributed by atoms with Crippen molar-refractivity contribution in [3.05, 3.63) is 71.9 Å². The molecule has 1 saturated heterocycles. The third kappa shape index (κ3) is 3.91. The van der Waals surface area contributed by atoms with Crippen LogP contribution in [0.2, 0.25) is 0 Å². The van der Waals surface area contributed by atoms with Gasteiger partial charge in [-0.05, 0) is 36.4 Å². The smallest absolute Gasteiger partial charge is 0.247 e. The summed E-state index contributed by atoms with van der Waals surface area (Å²) < 4.78 is 19.5. The number of hydrogen-bond donors (Lipinski definition) is 0. The molecular weight excluding hydrogens is 343 g/mol. The van der Waals surface area contributed by atoms with E-state index in [-0.39, 0.29) is 11.9 Å². The lowest BCUT2D eigenvalue weighted by molar-refractivity contribution is 0.103. The van der Waals surface area contributed by atoms with E-state index >= 15 is 0 Å². The Hall–Kier alpha value is -2.57. The van der Waals surface area contributed by atoms with Crippen molar-refractivity contribution in [2.75, 3.05) is 32.7 Å². The summed E-state index contributed by atoms with van der Waals surface area (Å²) in [5.41, 5.74) is 1.86. The van der Waals surface area contributed by atoms with Crippen molar-refractivity contribution in [3.63, 3.8) is 0 Å². The van der Waals surface area contributed by atoms with Crippen LogP contribution in [0.15, 0.2) is 59.0 Å². The van der Waals surface area contributed by atoms with Crippen molar-refractivity contribution >= 4 is 0 Å². The Morgan fingerprint density at radius 3 is 2.33 bits per heavy atom. The molecule has 3 aromatic rings. The standard InChI is InChI=1S/C21H23FN4O/c1-2-25-12-14-26(15-13-25)19(16-8-10-18(22)11-9-16)21-24-23-20(27-21)17-6-4-3-5-7-17/h3-11,19H,2,12-15H2,1H3/t19-/m0/s1. The minimum absolute atomic E-state index is 0.172. The van der Waals surface area contributed by atoms with Crippen molar-refractivity contribution in [1.29, 1.82) is 0 Å². The second kappa shape index (κ2) is 7.98. The third-order valence-electron chi connectivity index (χ3n) is 5.10. The first kappa shape index (κ1) is 17.8. The Morgan fingerprint density at radius 2 is 1.67 bits per heavy atom. The van der Waals surface area contributed by atoms with Gasteiger partial charge in [0, 0.05) is 31.7 Å². The molecule has 1 aromatic heterocycles. The molecule has 0 unspecified atom stereocenters. The number of halogens is 1. The van der Waals surface area contributed by atoms with Crippen LogP contribution in [-0.2, 0) is 0 Å². The van der Waals surface area contributed by atoms with Crippen LogP contribution in [0.3, 0.4) is 0 Å². The predicted molar refractivity (Wildman–Crippen MR) is 102 cm³/mol. The van der Waals surface area contributed by atoms with Crippen LogP contribution in [0.5, 0.6) is 0 Å². The minimum Gasteiger partial charge on any atom is -0.419 e. The molecule has 2 heterocycles. The third-order valence-corrected chi connectivity index (χ3v) is 5.10. The molecule has 0 bridgehead atoms. The van der Waals surface area contributed by atoms with Gasteiger partial charge in [-0.2, -0.15) is 0 Å². The molecule has 27 heavy (non-hydrogen) atoms. The van der Waals surface area contributed by atoms with Gasteiger partial charge in [-0.3, -0.25) is 4.90 Å². The van der Waals surface area contributed by atoms with Gasteiger partial charge >= 0.3 is 0 Å². The lowest BCUT2D eigenvalue weighted by atomic mass is 10.0. The van der Waals surface area contributed by atoms with Gasteiger partial charge in [-0.1, -0.05) is 37.3 Å². The van der Waals surface area contributed by atoms with E-state index in [1.165, 1.54) is 12.1 Å². The highest BCUT2D eigenvalue weighted by Gasteiger charge is 2.30. The Bertz CT molecular complexity index is 857. The first-order valence-electron chi connectivity index (χ1n) is 9.35. The van der Waals surface area contributed by atoms with Crippen LogP contribution >= 0.6 is 0 Å². The normalized spacial score (nSPS) is 17.1. The molecular formula is C21H23FN4O. The van der Waals surface area contributed by atoms with E-state index in [9.17, 15) is 4.39 Å². The van der Waals surface area contributed by atoms with E-state index in [0.29, 0.717) is 11.8 Å². The van der Waals surface area contributed by atoms with E-state index in [2.05, 4.69) is 26.9 Å². The summed E-state index contributed by atoms with van der Waals surface area (Å²) in [5, 5.41) is 8.59. The van der Waals surface area contributed by atoms with Crippen LogP contribution in [0.25, 0.3) is 11.5 Å². The molecule has 0 aliphatic carbocycles. The topological polar surface area (TPSA) is 45.4 Å². The van der Waals surface area contributed by atoms with Crippen molar-refractivity contribution < 1.29 is 8.81 Å². The maximum atomic E-state index is 13.4. The van der Waals surface area contributed by atoms with E-state index in [1.807, 2.05) is 30.3 Å². The minimum atomic E-state index is -0.246. The fraction of sp³-hybridized carbons (Fsp3) is 0.333. The van der Waals surface area contributed by atoms with Gasteiger partial charge in [0.05, 0.1) is 0 Å². The van der Waals surface area contributed by atoms with Gasteiger partial charge < -0.3 is 9.32 Å². The van der Waals surface area contributed by atoms with Gasteiger partial charge in [0.1, 0.15) is 11.9 Å². The Labute approximate surface area is 158 Å². The van der Waals surface area contributed by atoms with E-state index in [0.717, 1.165) is 43.9 Å². The fourth-order valence-electron chi connectivity index (χ4n) is 3.53. The fourth-order valence-corrected chi connectivity index (χ4v) is 3.53. The SMILES string of the molecule is CCN1CCN([C@@H](c2ccc(F)cc2)c2nnc(-c3ccccc3)o2)CC1. The lowest BCUT2D eigenvalue weighted by Crippen LogP contribution is -2.47. The quantitative estimate of drug-likeness (QED) is 0.690. The molecule has 140 valence electrons. The monoisotopic (exact) mass is 366 g/mol. The summed E-state index contributed by atoms with van der Waals surface area (Å²) in [5.74, 6) is 0.805. The lowest BCUT2D eigenvalue weighted by Gasteiger charge is -2.37. The maximum Gasteiger partial charge on any atom is 0.247 e. The molecule has 1 atom stereocenters. The van der Waals surface area contributed by atoms with Crippen LogP contribution in [0.1, 0.15) is 24.4 Å². The van der Waals surface area contributed by atoms with E-state index < -0.39 is 0 Å². The van der Waals surface area contributed by atoms with E-state index in [4.69, 9.17) is 4.42 Å². The number of aromatic nitrogens is 2. The van der Waals surface area contributed by atoms with Crippen molar-refractivity contribution in [3.8, 4) is 11.5 Å². The first-order chi connectivity index (χ1) is 13.2. The number of piperazine rings is 1. The Balaban J connectivity index is 1.66. The highest BCUT2D eigenvalue weighted by atomic mass is 19.1. The average molecular weight is 366 g/mol. The maximum absolute atomic E-state index is 13.4. The van der Waals surface area contributed by atoms with Crippen molar-refractivity contribution in [2.24, 2.45) is 0 Å². The van der Waals surface area contributed by atoms with Gasteiger partial charge in [-0.25, -0.2) is 4.39 Å². The molecule has 0 N–H and O–H groups in total. The zero-order valence-electron chi connectivity index (χ0n) is 15.4. The number of rotatable bonds is 5. The molecule has 1 aliphatic heterocycles. The second-order valence-electron chi connectivity index (χ2n) is 6.74. The first-order valence-corrected chi connectivity index (χ1v) is 9.35. The van der Waals surface area contributed by atoms with Gasteiger partial charge in [0.15, 0.2) is 0 Å². The summed E-state index contributed by atoms with van der Waals surface area (Å²) >= 11 is 0. The van der Waals surface area contributed by atoms with Gasteiger partial charge in [0.2, 0.25) is 11.8 Å². The Kier molecular flexibility index (Phi) is 5.27. The zero-order valence-corrected chi connectivity index (χ0v) is 15.4. The number of nitrogens with zero attached hydrogens (tertiary/aromatic N) is 4. The van der Waals surface area contributed by atoms with Crippen LogP contribution in [-0.4, -0.2) is 52.7 Å². The largest absolute Gasteiger partial charge is 0.419 e. The van der Waals surface area contributed by atoms with Crippen LogP contribution < -0.4 is 0 Å². The average Bonchev–Trinajstić information content (AvgIpc) is 3.20. The van der Waals surface area contributed by atoms with Crippen LogP contribution in [0.4, 0.5) is 4.39 Å². The summed E-state index contributed by atoms with van der Waals surface area (Å²) in [4.78, 5) is 4.75. The van der Waals surface area contributed by atoms with Crippen molar-refractivity contribution in [2.45, 2.75) is 13.0 Å². The molecule has 1 aliphatic rings. The second-order valence-corrected chi connectivity index (χ2v) is 6.74. The summed E-state index contributed by atoms with van der Waals surface area (Å²) in [6.45, 7) is 7.02. The zero-order chi connectivity index (χ0) is 18.6. The molecule has 0 radical (unpaired) electrons. The molecule has 0 spiro atoms. The molecule has 1 fully saturated rings. The van der Waals surface area contributed by atoms with Crippen molar-refractivity contribution in [1.82, 2.24) is 20.0 Å². The number of hydrogen-bond acceptors (Lipinski definition) is 5. The van der Waals surface area contributed by atoms with Crippen LogP contribution in [0, 0.1) is 5.82 Å². The number of likely N-dealkylation sites (N-methyl/N-ethyl adjacent to an activating group) is 1. The molecule has 0 saturated carbocycles. The molecule has 6 heteroatoms. The summed E-state index contributed by atoms with van der Waals surface area (Å²) in [6.07, 6.45) is 0. The predicted octanol–water partition coefficient (Wildman–Crippen LogP) is 3.60. The molecule has 4 rings (SSSR count). The van der Waals surface area contributed by atoms with E-state index in [1.54, 1.807) is 12.1 Å². The molecule has 5 nitrogen and oxygen atoms in total. The molecule has 0 amide bonds. The summed E-state index contributed by atoms with van der Waals surface area (Å²) in [6, 6.07) is 16.1. The Morgan fingerprint density at radius 1 is 0.963 bits per heavy atom. The van der Waals surface area contributed by atoms with Gasteiger partial charge in [-0.15, -0.1) is 10.2 Å². The van der Waals surface area contributed by atoms with Gasteiger partial charge in [0.25, 0.3) is 0 Å². The number of benzene rings is 2. The highest BCUT2D eigenvalue weighted by Crippen LogP contribution is 2.30.